The third-order valence-corrected chi connectivity index (χ3v) is 5.28. The molecule has 1 heterocycles. The summed E-state index contributed by atoms with van der Waals surface area (Å²) in [6.45, 7) is 1.67. The highest BCUT2D eigenvalue weighted by Crippen LogP contribution is 2.35. The standard InChI is InChI=1S/C23H18ClNO4/c1-13-4-3-5-14(10-13)15-6-7-16-19(11-15)25(12-20(26)27)21-17(22(16)28)8-9-18(24)23(21)29-2/h3-11H,12H2,1-2H3,(H,26,27). The third-order valence-electron chi connectivity index (χ3n) is 4.98. The zero-order valence-corrected chi connectivity index (χ0v) is 16.7. The number of aliphatic carboxylic acids is 1. The van der Waals surface area contributed by atoms with E-state index in [1.807, 2.05) is 43.3 Å². The maximum atomic E-state index is 13.1. The fourth-order valence-electron chi connectivity index (χ4n) is 3.71. The molecule has 1 aromatic heterocycles. The van der Waals surface area contributed by atoms with Gasteiger partial charge in [0.15, 0.2) is 11.2 Å². The van der Waals surface area contributed by atoms with E-state index in [-0.39, 0.29) is 17.7 Å². The van der Waals surface area contributed by atoms with Gasteiger partial charge in [-0.2, -0.15) is 0 Å². The van der Waals surface area contributed by atoms with E-state index in [2.05, 4.69) is 0 Å². The van der Waals surface area contributed by atoms with Gasteiger partial charge in [-0.05, 0) is 42.3 Å². The fraction of sp³-hybridized carbons (Fsp3) is 0.130. The molecule has 0 aliphatic rings. The van der Waals surface area contributed by atoms with Crippen LogP contribution in [0.3, 0.4) is 0 Å². The van der Waals surface area contributed by atoms with Crippen LogP contribution < -0.4 is 10.2 Å². The number of carboxylic acids is 1. The molecule has 4 aromatic rings. The van der Waals surface area contributed by atoms with E-state index in [0.29, 0.717) is 26.8 Å². The molecular weight excluding hydrogens is 390 g/mol. The lowest BCUT2D eigenvalue weighted by atomic mass is 10.0. The van der Waals surface area contributed by atoms with Crippen LogP contribution in [0.25, 0.3) is 32.9 Å². The molecule has 0 radical (unpaired) electrons. The number of pyridine rings is 1. The molecule has 0 aliphatic heterocycles. The minimum atomic E-state index is -1.03. The normalized spacial score (nSPS) is 11.1. The number of carboxylic acid groups (broad SMARTS) is 1. The van der Waals surface area contributed by atoms with Crippen LogP contribution in [0, 0.1) is 6.92 Å². The van der Waals surface area contributed by atoms with Crippen LogP contribution in [0.15, 0.2) is 59.4 Å². The molecule has 3 aromatic carbocycles. The molecule has 0 spiro atoms. The van der Waals surface area contributed by atoms with Crippen LogP contribution in [-0.4, -0.2) is 22.8 Å². The Balaban J connectivity index is 2.16. The Bertz CT molecular complexity index is 1340. The Morgan fingerprint density at radius 2 is 1.79 bits per heavy atom. The molecule has 0 atom stereocenters. The predicted octanol–water partition coefficient (Wildman–Crippen LogP) is 4.88. The van der Waals surface area contributed by atoms with Gasteiger partial charge in [0, 0.05) is 5.39 Å². The van der Waals surface area contributed by atoms with Crippen LogP contribution in [-0.2, 0) is 11.3 Å². The number of ether oxygens (including phenoxy) is 1. The zero-order chi connectivity index (χ0) is 20.7. The first-order valence-corrected chi connectivity index (χ1v) is 9.40. The first-order chi connectivity index (χ1) is 13.9. The van der Waals surface area contributed by atoms with Crippen molar-refractivity contribution in [1.29, 1.82) is 0 Å². The number of nitrogens with zero attached hydrogens (tertiary/aromatic N) is 1. The van der Waals surface area contributed by atoms with Crippen molar-refractivity contribution in [3.8, 4) is 16.9 Å². The van der Waals surface area contributed by atoms with Gasteiger partial charge < -0.3 is 14.4 Å². The van der Waals surface area contributed by atoms with E-state index >= 15 is 0 Å². The van der Waals surface area contributed by atoms with Crippen molar-refractivity contribution in [3.05, 3.63) is 75.4 Å². The molecule has 0 saturated heterocycles. The smallest absolute Gasteiger partial charge is 0.323 e. The number of aryl methyl sites for hydroxylation is 1. The quantitative estimate of drug-likeness (QED) is 0.490. The molecule has 5 nitrogen and oxygen atoms in total. The molecule has 4 rings (SSSR count). The Morgan fingerprint density at radius 3 is 2.48 bits per heavy atom. The number of benzene rings is 3. The van der Waals surface area contributed by atoms with Gasteiger partial charge in [0.2, 0.25) is 0 Å². The highest BCUT2D eigenvalue weighted by Gasteiger charge is 2.19. The van der Waals surface area contributed by atoms with Gasteiger partial charge in [0.25, 0.3) is 0 Å². The third kappa shape index (κ3) is 3.23. The van der Waals surface area contributed by atoms with Crippen LogP contribution in [0.1, 0.15) is 5.56 Å². The number of methoxy groups -OCH3 is 1. The first-order valence-electron chi connectivity index (χ1n) is 9.02. The summed E-state index contributed by atoms with van der Waals surface area (Å²) in [5.41, 5.74) is 3.69. The molecule has 6 heteroatoms. The Labute approximate surface area is 171 Å². The van der Waals surface area contributed by atoms with Crippen molar-refractivity contribution in [3.63, 3.8) is 0 Å². The van der Waals surface area contributed by atoms with E-state index < -0.39 is 5.97 Å². The number of hydrogen-bond donors (Lipinski definition) is 1. The van der Waals surface area contributed by atoms with E-state index in [1.165, 1.54) is 7.11 Å². The number of carbonyl (C=O) groups is 1. The topological polar surface area (TPSA) is 68.5 Å². The summed E-state index contributed by atoms with van der Waals surface area (Å²) in [5, 5.41) is 10.7. The van der Waals surface area contributed by atoms with Gasteiger partial charge in [-0.3, -0.25) is 9.59 Å². The lowest BCUT2D eigenvalue weighted by Crippen LogP contribution is -2.16. The number of rotatable bonds is 4. The maximum Gasteiger partial charge on any atom is 0.323 e. The van der Waals surface area contributed by atoms with Gasteiger partial charge in [-0.15, -0.1) is 0 Å². The van der Waals surface area contributed by atoms with E-state index in [4.69, 9.17) is 16.3 Å². The molecule has 0 unspecified atom stereocenters. The molecule has 0 aliphatic carbocycles. The fourth-order valence-corrected chi connectivity index (χ4v) is 3.94. The summed E-state index contributed by atoms with van der Waals surface area (Å²) in [6, 6.07) is 16.6. The maximum absolute atomic E-state index is 13.1. The Morgan fingerprint density at radius 1 is 1.07 bits per heavy atom. The van der Waals surface area contributed by atoms with E-state index in [0.717, 1.165) is 16.7 Å². The van der Waals surface area contributed by atoms with Crippen molar-refractivity contribution in [2.24, 2.45) is 0 Å². The number of aromatic nitrogens is 1. The summed E-state index contributed by atoms with van der Waals surface area (Å²) < 4.78 is 7.01. The summed E-state index contributed by atoms with van der Waals surface area (Å²) in [6.07, 6.45) is 0. The van der Waals surface area contributed by atoms with E-state index in [9.17, 15) is 14.7 Å². The average molecular weight is 408 g/mol. The predicted molar refractivity (Wildman–Crippen MR) is 115 cm³/mol. The Kier molecular flexibility index (Phi) is 4.76. The van der Waals surface area contributed by atoms with Crippen molar-refractivity contribution in [2.45, 2.75) is 13.5 Å². The minimum Gasteiger partial charge on any atom is -0.493 e. The largest absolute Gasteiger partial charge is 0.493 e. The number of hydrogen-bond acceptors (Lipinski definition) is 3. The van der Waals surface area contributed by atoms with Crippen molar-refractivity contribution >= 4 is 39.4 Å². The number of fused-ring (bicyclic) bond motifs is 2. The minimum absolute atomic E-state index is 0.192. The summed E-state index contributed by atoms with van der Waals surface area (Å²) in [7, 11) is 1.45. The van der Waals surface area contributed by atoms with Crippen molar-refractivity contribution in [1.82, 2.24) is 4.57 Å². The lowest BCUT2D eigenvalue weighted by Gasteiger charge is -2.17. The average Bonchev–Trinajstić information content (AvgIpc) is 2.70. The van der Waals surface area contributed by atoms with E-state index in [1.54, 1.807) is 22.8 Å². The Hall–Kier alpha value is -3.31. The van der Waals surface area contributed by atoms with Crippen LogP contribution in [0.2, 0.25) is 5.02 Å². The second kappa shape index (κ2) is 7.26. The van der Waals surface area contributed by atoms with Gasteiger partial charge in [-0.1, -0.05) is 47.5 Å². The molecule has 1 N–H and O–H groups in total. The second-order valence-corrected chi connectivity index (χ2v) is 7.29. The first kappa shape index (κ1) is 19.0. The zero-order valence-electron chi connectivity index (χ0n) is 15.9. The molecular formula is C23H18ClNO4. The second-order valence-electron chi connectivity index (χ2n) is 6.89. The van der Waals surface area contributed by atoms with Gasteiger partial charge in [0.1, 0.15) is 6.54 Å². The summed E-state index contributed by atoms with van der Waals surface area (Å²) >= 11 is 6.27. The van der Waals surface area contributed by atoms with Gasteiger partial charge in [0.05, 0.1) is 28.6 Å². The summed E-state index contributed by atoms with van der Waals surface area (Å²) in [4.78, 5) is 24.8. The lowest BCUT2D eigenvalue weighted by molar-refractivity contribution is -0.137. The number of halogens is 1. The molecule has 0 amide bonds. The highest BCUT2D eigenvalue weighted by atomic mass is 35.5. The molecule has 0 saturated carbocycles. The van der Waals surface area contributed by atoms with Gasteiger partial charge >= 0.3 is 5.97 Å². The molecule has 29 heavy (non-hydrogen) atoms. The van der Waals surface area contributed by atoms with Gasteiger partial charge in [-0.25, -0.2) is 0 Å². The molecule has 0 bridgehead atoms. The van der Waals surface area contributed by atoms with Crippen LogP contribution in [0.5, 0.6) is 5.75 Å². The molecule has 0 fully saturated rings. The SMILES string of the molecule is COc1c(Cl)ccc2c(=O)c3ccc(-c4cccc(C)c4)cc3n(CC(=O)O)c12. The molecule has 146 valence electrons. The highest BCUT2D eigenvalue weighted by molar-refractivity contribution is 6.33. The van der Waals surface area contributed by atoms with Crippen molar-refractivity contribution in [2.75, 3.05) is 7.11 Å². The van der Waals surface area contributed by atoms with Crippen molar-refractivity contribution < 1.29 is 14.6 Å². The monoisotopic (exact) mass is 407 g/mol. The summed E-state index contributed by atoms with van der Waals surface area (Å²) in [5.74, 6) is -0.746. The van der Waals surface area contributed by atoms with Crippen LogP contribution in [0.4, 0.5) is 0 Å². The van der Waals surface area contributed by atoms with Crippen LogP contribution >= 0.6 is 11.6 Å².